The summed E-state index contributed by atoms with van der Waals surface area (Å²) in [6, 6.07) is 0.254. The molecular weight excluding hydrogens is 377 g/mol. The van der Waals surface area contributed by atoms with Gasteiger partial charge in [-0.2, -0.15) is 17.5 Å². The third-order valence-corrected chi connectivity index (χ3v) is 4.92. The van der Waals surface area contributed by atoms with E-state index < -0.39 is 33.7 Å². The first-order valence-electron chi connectivity index (χ1n) is 5.70. The minimum atomic E-state index is -4.66. The van der Waals surface area contributed by atoms with E-state index in [1.54, 1.807) is 0 Å². The molecule has 0 saturated carbocycles. The third kappa shape index (κ3) is 4.53. The highest BCUT2D eigenvalue weighted by atomic mass is 79.9. The van der Waals surface area contributed by atoms with Gasteiger partial charge in [0.25, 0.3) is 0 Å². The average molecular weight is 391 g/mol. The summed E-state index contributed by atoms with van der Waals surface area (Å²) in [5, 5.41) is 0. The van der Waals surface area contributed by atoms with Crippen molar-refractivity contribution in [2.24, 2.45) is 5.84 Å². The molecule has 0 radical (unpaired) electrons. The van der Waals surface area contributed by atoms with Gasteiger partial charge < -0.3 is 5.43 Å². The van der Waals surface area contributed by atoms with Crippen molar-refractivity contribution < 1.29 is 21.6 Å². The van der Waals surface area contributed by atoms with E-state index in [-0.39, 0.29) is 5.82 Å². The number of nitrogens with one attached hydrogen (secondary N) is 1. The Morgan fingerprint density at radius 3 is 2.48 bits per heavy atom. The molecule has 21 heavy (non-hydrogen) atoms. The van der Waals surface area contributed by atoms with Crippen molar-refractivity contribution in [3.05, 3.63) is 16.7 Å². The third-order valence-electron chi connectivity index (χ3n) is 2.45. The van der Waals surface area contributed by atoms with E-state index in [1.807, 2.05) is 0 Å². The summed E-state index contributed by atoms with van der Waals surface area (Å²) in [5.74, 6) is 4.94. The van der Waals surface area contributed by atoms with Gasteiger partial charge in [-0.25, -0.2) is 19.2 Å². The maximum absolute atomic E-state index is 12.6. The highest BCUT2D eigenvalue weighted by molar-refractivity contribution is 9.10. The van der Waals surface area contributed by atoms with Crippen LogP contribution in [0.5, 0.6) is 0 Å². The quantitative estimate of drug-likeness (QED) is 0.593. The van der Waals surface area contributed by atoms with Gasteiger partial charge in [0.15, 0.2) is 5.82 Å². The lowest BCUT2D eigenvalue weighted by molar-refractivity contribution is -0.138. The highest BCUT2D eigenvalue weighted by Gasteiger charge is 2.39. The molecule has 0 aromatic carbocycles. The Morgan fingerprint density at radius 2 is 2.05 bits per heavy atom. The molecule has 11 heteroatoms. The Bertz CT molecular complexity index is 607. The molecule has 0 unspecified atom stereocenters. The molecule has 0 bridgehead atoms. The van der Waals surface area contributed by atoms with Crippen LogP contribution in [0.4, 0.5) is 19.0 Å². The number of anilines is 1. The van der Waals surface area contributed by atoms with Gasteiger partial charge in [-0.1, -0.05) is 0 Å². The first-order valence-corrected chi connectivity index (χ1v) is 7.93. The van der Waals surface area contributed by atoms with Crippen LogP contribution in [0.2, 0.25) is 0 Å². The fourth-order valence-corrected chi connectivity index (χ4v) is 3.81. The molecular formula is C10H14BrF3N4O2S. The van der Waals surface area contributed by atoms with E-state index in [9.17, 15) is 21.6 Å². The molecule has 120 valence electrons. The first-order chi connectivity index (χ1) is 9.49. The van der Waals surface area contributed by atoms with E-state index in [0.29, 0.717) is 8.78 Å². The predicted octanol–water partition coefficient (Wildman–Crippen LogP) is 2.09. The Morgan fingerprint density at radius 1 is 1.48 bits per heavy atom. The second-order valence-corrected chi connectivity index (χ2v) is 7.18. The number of nitrogens with zero attached hydrogens (tertiary/aromatic N) is 2. The number of nitrogens with two attached hydrogens (primary N) is 1. The van der Waals surface area contributed by atoms with Gasteiger partial charge in [0.1, 0.15) is 11.4 Å². The average Bonchev–Trinajstić information content (AvgIpc) is 2.34. The lowest BCUT2D eigenvalue weighted by Gasteiger charge is -2.27. The minimum absolute atomic E-state index is 0.231. The van der Waals surface area contributed by atoms with Crippen LogP contribution in [0, 0.1) is 0 Å². The van der Waals surface area contributed by atoms with E-state index in [1.165, 1.54) is 20.0 Å². The zero-order valence-corrected chi connectivity index (χ0v) is 13.6. The smallest absolute Gasteiger partial charge is 0.307 e. The number of aromatic nitrogens is 1. The van der Waals surface area contributed by atoms with Crippen LogP contribution < -0.4 is 11.3 Å². The number of pyridine rings is 1. The molecule has 1 aromatic rings. The Kier molecular flexibility index (Phi) is 5.58. The fourth-order valence-electron chi connectivity index (χ4n) is 1.57. The van der Waals surface area contributed by atoms with Gasteiger partial charge in [-0.15, -0.1) is 0 Å². The summed E-state index contributed by atoms with van der Waals surface area (Å²) >= 11 is 3.03. The number of sulfonamides is 1. The van der Waals surface area contributed by atoms with Gasteiger partial charge in [-0.3, -0.25) is 0 Å². The number of hydrogen-bond donors (Lipinski definition) is 2. The molecule has 1 rings (SSSR count). The van der Waals surface area contributed by atoms with Crippen molar-refractivity contribution in [2.75, 3.05) is 12.0 Å². The molecule has 6 nitrogen and oxygen atoms in total. The second-order valence-electron chi connectivity index (χ2n) is 4.40. The number of hydrogen-bond acceptors (Lipinski definition) is 5. The monoisotopic (exact) mass is 390 g/mol. The van der Waals surface area contributed by atoms with Crippen LogP contribution in [0.1, 0.15) is 13.8 Å². The number of nitrogen functional groups attached to an aromatic ring is 1. The molecule has 0 fully saturated rings. The molecule has 0 aliphatic rings. The lowest BCUT2D eigenvalue weighted by atomic mass is 10.4. The second kappa shape index (κ2) is 6.46. The lowest BCUT2D eigenvalue weighted by Crippen LogP contribution is -2.43. The van der Waals surface area contributed by atoms with Crippen LogP contribution in [0.3, 0.4) is 0 Å². The zero-order valence-electron chi connectivity index (χ0n) is 11.1. The largest absolute Gasteiger partial charge is 0.402 e. The Hall–Kier alpha value is -0.910. The maximum atomic E-state index is 12.6. The summed E-state index contributed by atoms with van der Waals surface area (Å²) < 4.78 is 63.4. The van der Waals surface area contributed by atoms with Crippen LogP contribution in [0.25, 0.3) is 0 Å². The number of alkyl halides is 3. The number of rotatable bonds is 5. The summed E-state index contributed by atoms with van der Waals surface area (Å²) in [5.41, 5.74) is 2.07. The molecule has 0 spiro atoms. The predicted molar refractivity (Wildman–Crippen MR) is 74.8 cm³/mol. The summed E-state index contributed by atoms with van der Waals surface area (Å²) in [6.07, 6.45) is -3.38. The topological polar surface area (TPSA) is 88.3 Å². The van der Waals surface area contributed by atoms with Crippen molar-refractivity contribution in [3.8, 4) is 0 Å². The van der Waals surface area contributed by atoms with Gasteiger partial charge in [0.05, 0.1) is 0 Å². The van der Waals surface area contributed by atoms with Crippen LogP contribution in [-0.2, 0) is 10.0 Å². The van der Waals surface area contributed by atoms with Crippen molar-refractivity contribution in [3.63, 3.8) is 0 Å². The van der Waals surface area contributed by atoms with E-state index in [0.717, 1.165) is 6.07 Å². The van der Waals surface area contributed by atoms with E-state index >= 15 is 0 Å². The van der Waals surface area contributed by atoms with Crippen molar-refractivity contribution in [1.29, 1.82) is 0 Å². The summed E-state index contributed by atoms with van der Waals surface area (Å²) in [6.45, 7) is 1.11. The molecule has 0 aliphatic heterocycles. The van der Waals surface area contributed by atoms with Crippen LogP contribution in [0.15, 0.2) is 21.6 Å². The molecule has 0 saturated heterocycles. The molecule has 0 atom stereocenters. The molecule has 1 aromatic heterocycles. The van der Waals surface area contributed by atoms with Crippen molar-refractivity contribution in [1.82, 2.24) is 9.29 Å². The first kappa shape index (κ1) is 18.1. The van der Waals surface area contributed by atoms with Crippen LogP contribution in [-0.4, -0.2) is 36.5 Å². The standard InChI is InChI=1S/C10H14BrF3N4O2S/c1-6(2)18(5-10(12,13)14)21(19,20)8-3-7(11)4-16-9(8)17-15/h3-4,6H,5,15H2,1-2H3,(H,16,17). The van der Waals surface area contributed by atoms with Gasteiger partial charge in [0.2, 0.25) is 10.0 Å². The van der Waals surface area contributed by atoms with Crippen LogP contribution >= 0.6 is 15.9 Å². The van der Waals surface area contributed by atoms with E-state index in [2.05, 4.69) is 26.3 Å². The SMILES string of the molecule is CC(C)N(CC(F)(F)F)S(=O)(=O)c1cc(Br)cnc1NN. The number of halogens is 4. The Balaban J connectivity index is 3.39. The highest BCUT2D eigenvalue weighted by Crippen LogP contribution is 2.29. The fraction of sp³-hybridized carbons (Fsp3) is 0.500. The van der Waals surface area contributed by atoms with Crippen molar-refractivity contribution in [2.45, 2.75) is 31.0 Å². The van der Waals surface area contributed by atoms with E-state index in [4.69, 9.17) is 5.84 Å². The summed E-state index contributed by atoms with van der Waals surface area (Å²) in [7, 11) is -4.42. The molecule has 0 aliphatic carbocycles. The van der Waals surface area contributed by atoms with Gasteiger partial charge in [-0.05, 0) is 35.8 Å². The molecule has 1 heterocycles. The maximum Gasteiger partial charge on any atom is 0.402 e. The zero-order chi connectivity index (χ0) is 16.4. The molecule has 0 amide bonds. The molecule has 3 N–H and O–H groups in total. The summed E-state index contributed by atoms with van der Waals surface area (Å²) in [4.78, 5) is 3.30. The number of hydrazine groups is 1. The minimum Gasteiger partial charge on any atom is -0.307 e. The van der Waals surface area contributed by atoms with Crippen molar-refractivity contribution >= 4 is 31.8 Å². The normalized spacial score (nSPS) is 13.0. The van der Waals surface area contributed by atoms with Gasteiger partial charge >= 0.3 is 6.18 Å². The van der Waals surface area contributed by atoms with Gasteiger partial charge in [0, 0.05) is 16.7 Å². The Labute approximate surface area is 128 Å².